The first-order valence-electron chi connectivity index (χ1n) is 17.1. The molecule has 2 saturated heterocycles. The van der Waals surface area contributed by atoms with E-state index >= 15 is 0 Å². The second-order valence-corrected chi connectivity index (χ2v) is 15.1. The zero-order chi connectivity index (χ0) is 32.1. The van der Waals surface area contributed by atoms with Crippen molar-refractivity contribution in [1.29, 1.82) is 0 Å². The smallest absolute Gasteiger partial charge is 0.215 e. The zero-order valence-electron chi connectivity index (χ0n) is 28.4. The van der Waals surface area contributed by atoms with E-state index in [1.165, 1.54) is 44.2 Å². The number of nitrogens with zero attached hydrogens (tertiary/aromatic N) is 6. The third kappa shape index (κ3) is 6.37. The van der Waals surface area contributed by atoms with Gasteiger partial charge in [0, 0.05) is 49.1 Å². The van der Waals surface area contributed by atoms with E-state index in [0.717, 1.165) is 83.0 Å². The van der Waals surface area contributed by atoms with Gasteiger partial charge in [0.1, 0.15) is 22.8 Å². The van der Waals surface area contributed by atoms with Crippen molar-refractivity contribution < 1.29 is 0 Å². The Bertz CT molecular complexity index is 1800. The molecule has 0 aromatic carbocycles. The molecule has 9 heteroatoms. The third-order valence-electron chi connectivity index (χ3n) is 8.85. The van der Waals surface area contributed by atoms with Crippen LogP contribution in [0.2, 0.25) is 0 Å². The Labute approximate surface area is 273 Å². The van der Waals surface area contributed by atoms with Crippen LogP contribution in [0.15, 0.2) is 69.9 Å². The topological polar surface area (TPSA) is 90.9 Å². The van der Waals surface area contributed by atoms with E-state index in [0.29, 0.717) is 0 Å². The van der Waals surface area contributed by atoms with Gasteiger partial charge < -0.3 is 25.1 Å². The molecule has 46 heavy (non-hydrogen) atoms. The number of anilines is 3. The molecule has 0 bridgehead atoms. The molecule has 0 radical (unpaired) electrons. The highest BCUT2D eigenvalue weighted by Crippen LogP contribution is 2.33. The Morgan fingerprint density at radius 3 is 2.24 bits per heavy atom. The maximum Gasteiger partial charge on any atom is 0.215 e. The fourth-order valence-electron chi connectivity index (χ4n) is 6.84. The van der Waals surface area contributed by atoms with Crippen LogP contribution in [0.5, 0.6) is 0 Å². The van der Waals surface area contributed by atoms with Crippen LogP contribution in [-0.2, 0) is 0 Å². The molecule has 0 aromatic heterocycles. The quantitative estimate of drug-likeness (QED) is 0.343. The predicted octanol–water partition coefficient (Wildman–Crippen LogP) is 5.69. The first kappa shape index (κ1) is 30.4. The molecule has 2 fully saturated rings. The molecule has 9 nitrogen and oxygen atoms in total. The van der Waals surface area contributed by atoms with E-state index in [2.05, 4.69) is 120 Å². The summed E-state index contributed by atoms with van der Waals surface area (Å²) in [6.45, 7) is 17.3. The lowest BCUT2D eigenvalue weighted by molar-refractivity contribution is 0.293. The number of aromatic amines is 2. The van der Waals surface area contributed by atoms with Gasteiger partial charge >= 0.3 is 0 Å². The molecule has 0 spiro atoms. The number of aromatic nitrogens is 3. The van der Waals surface area contributed by atoms with Crippen molar-refractivity contribution in [3.8, 4) is 0 Å². The van der Waals surface area contributed by atoms with Crippen LogP contribution < -0.4 is 21.0 Å². The maximum absolute atomic E-state index is 5.24. The van der Waals surface area contributed by atoms with Crippen LogP contribution in [0, 0.1) is 0 Å². The highest BCUT2D eigenvalue weighted by molar-refractivity contribution is 6.28. The fourth-order valence-corrected chi connectivity index (χ4v) is 6.84. The minimum absolute atomic E-state index is 0.112. The van der Waals surface area contributed by atoms with Gasteiger partial charge in [-0.05, 0) is 116 Å². The predicted molar refractivity (Wildman–Crippen MR) is 190 cm³/mol. The number of amidine groups is 1. The SMILES string of the molecule is CC(C)(C)N=C1C=C(N2CCCCC2)C=C/C1=c1\nc2[nH]/c(=C3/N=C(N4CCCCC4)C=C3NC(C)(C)C)cc3cccc([nH]1)N32. The van der Waals surface area contributed by atoms with Crippen LogP contribution in [-0.4, -0.2) is 73.6 Å². The van der Waals surface area contributed by atoms with Gasteiger partial charge in [0.25, 0.3) is 0 Å². The normalized spacial score (nSPS) is 23.3. The van der Waals surface area contributed by atoms with E-state index in [-0.39, 0.29) is 11.1 Å². The van der Waals surface area contributed by atoms with Gasteiger partial charge in [-0.2, -0.15) is 4.98 Å². The van der Waals surface area contributed by atoms with Gasteiger partial charge in [-0.1, -0.05) is 6.07 Å². The summed E-state index contributed by atoms with van der Waals surface area (Å²) in [5.41, 5.74) is 6.62. The monoisotopic (exact) mass is 619 g/mol. The highest BCUT2D eigenvalue weighted by atomic mass is 15.3. The molecule has 0 atom stereocenters. The molecule has 6 aliphatic heterocycles. The van der Waals surface area contributed by atoms with Crippen LogP contribution in [0.3, 0.4) is 0 Å². The molecule has 3 N–H and O–H groups in total. The standard InChI is InChI=1S/C37H49N9/c1-36(2,3)42-28-22-25(44-18-9-7-10-19-44)16-17-27(28)34-40-31-15-13-14-26-23-29(38-35(41-34)46(26)31)33-30(43-37(4,5)6)24-32(39-33)45-20-11-8-12-21-45/h13-17,22-24,40,43H,7-12,18-21H2,1-6H3,(H,38,41)/b33-29+,34-27+,42-28?. The Morgan fingerprint density at radius 2 is 1.54 bits per heavy atom. The summed E-state index contributed by atoms with van der Waals surface area (Å²) in [4.78, 5) is 30.1. The largest absolute Gasteiger partial charge is 0.379 e. The lowest BCUT2D eigenvalue weighted by Crippen LogP contribution is -2.37. The number of hydrogen-bond acceptors (Lipinski definition) is 7. The van der Waals surface area contributed by atoms with Gasteiger partial charge in [0.15, 0.2) is 0 Å². The average molecular weight is 620 g/mol. The molecule has 0 aromatic rings. The lowest BCUT2D eigenvalue weighted by atomic mass is 10.00. The van der Waals surface area contributed by atoms with Crippen molar-refractivity contribution >= 4 is 40.3 Å². The van der Waals surface area contributed by atoms with Crippen molar-refractivity contribution in [1.82, 2.24) is 30.1 Å². The fraction of sp³-hybridized carbons (Fsp3) is 0.486. The first-order valence-corrected chi connectivity index (χ1v) is 17.1. The molecular formula is C37H49N9. The highest BCUT2D eigenvalue weighted by Gasteiger charge is 2.27. The zero-order valence-corrected chi connectivity index (χ0v) is 28.4. The number of rotatable bonds is 2. The number of hydrogen-bond donors (Lipinski definition) is 3. The van der Waals surface area contributed by atoms with Crippen LogP contribution in [0.25, 0.3) is 11.3 Å². The second-order valence-electron chi connectivity index (χ2n) is 15.1. The molecular weight excluding hydrogens is 570 g/mol. The number of aliphatic imine (C=N–C) groups is 2. The number of nitrogens with one attached hydrogen (secondary N) is 3. The molecule has 7 aliphatic rings. The summed E-state index contributed by atoms with van der Waals surface area (Å²) < 4.78 is 0. The molecule has 242 valence electrons. The lowest BCUT2D eigenvalue weighted by Gasteiger charge is -2.31. The number of H-pyrrole nitrogens is 2. The van der Waals surface area contributed by atoms with Gasteiger partial charge in [-0.3, -0.25) is 9.89 Å². The number of allylic oxidation sites excluding steroid dienone is 3. The molecule has 6 heterocycles. The second kappa shape index (κ2) is 11.8. The van der Waals surface area contributed by atoms with Crippen molar-refractivity contribution in [3.63, 3.8) is 0 Å². The van der Waals surface area contributed by atoms with E-state index in [4.69, 9.17) is 15.0 Å². The summed E-state index contributed by atoms with van der Waals surface area (Å²) in [5.74, 6) is 2.75. The minimum atomic E-state index is -0.234. The summed E-state index contributed by atoms with van der Waals surface area (Å²) in [7, 11) is 0. The van der Waals surface area contributed by atoms with E-state index in [1.807, 2.05) is 0 Å². The minimum Gasteiger partial charge on any atom is -0.379 e. The van der Waals surface area contributed by atoms with E-state index < -0.39 is 0 Å². The third-order valence-corrected chi connectivity index (χ3v) is 8.85. The molecule has 0 amide bonds. The molecule has 0 saturated carbocycles. The van der Waals surface area contributed by atoms with E-state index in [1.54, 1.807) is 0 Å². The Morgan fingerprint density at radius 1 is 0.826 bits per heavy atom. The maximum atomic E-state index is 5.24. The Hall–Kier alpha value is -4.27. The van der Waals surface area contributed by atoms with Gasteiger partial charge in [-0.25, -0.2) is 4.99 Å². The summed E-state index contributed by atoms with van der Waals surface area (Å²) in [6, 6.07) is 8.51. The summed E-state index contributed by atoms with van der Waals surface area (Å²) in [5, 5.41) is 4.67. The Kier molecular flexibility index (Phi) is 7.81. The van der Waals surface area contributed by atoms with Crippen molar-refractivity contribution in [2.75, 3.05) is 31.1 Å². The van der Waals surface area contributed by atoms with Crippen molar-refractivity contribution in [3.05, 3.63) is 70.8 Å². The molecule has 1 aliphatic carbocycles. The summed E-state index contributed by atoms with van der Waals surface area (Å²) in [6.07, 6.45) is 16.4. The Balaban J connectivity index is 1.40. The van der Waals surface area contributed by atoms with Crippen LogP contribution in [0.1, 0.15) is 80.1 Å². The van der Waals surface area contributed by atoms with Gasteiger partial charge in [0.05, 0.1) is 28.0 Å². The van der Waals surface area contributed by atoms with Crippen molar-refractivity contribution in [2.24, 2.45) is 9.98 Å². The van der Waals surface area contributed by atoms with Crippen LogP contribution >= 0.6 is 0 Å². The van der Waals surface area contributed by atoms with Gasteiger partial charge in [-0.15, -0.1) is 0 Å². The first-order chi connectivity index (χ1) is 22.0. The molecule has 7 rings (SSSR count). The number of piperidine rings is 2. The number of likely N-dealkylation sites (tertiary alicyclic amines) is 2. The average Bonchev–Trinajstić information content (AvgIpc) is 3.43. The molecule has 0 unspecified atom stereocenters. The van der Waals surface area contributed by atoms with E-state index in [9.17, 15) is 0 Å². The van der Waals surface area contributed by atoms with Crippen LogP contribution in [0.4, 0.5) is 17.5 Å². The summed E-state index contributed by atoms with van der Waals surface area (Å²) >= 11 is 0. The van der Waals surface area contributed by atoms with Gasteiger partial charge in [0.2, 0.25) is 5.95 Å². The van der Waals surface area contributed by atoms with Crippen molar-refractivity contribution in [2.45, 2.75) is 91.1 Å².